The van der Waals surface area contributed by atoms with Gasteiger partial charge in [-0.2, -0.15) is 5.10 Å². The largest absolute Gasteiger partial charge is 0.478 e. The maximum absolute atomic E-state index is 10.9. The van der Waals surface area contributed by atoms with Gasteiger partial charge in [0.15, 0.2) is 11.0 Å². The molecule has 0 unspecified atom stereocenters. The van der Waals surface area contributed by atoms with E-state index in [9.17, 15) is 4.79 Å². The number of hydrogen-bond acceptors (Lipinski definition) is 3. The molecule has 0 fully saturated rings. The Balaban J connectivity index is 2.60. The van der Waals surface area contributed by atoms with Crippen molar-refractivity contribution in [2.24, 2.45) is 7.05 Å². The van der Waals surface area contributed by atoms with Crippen LogP contribution in [0.2, 0.25) is 5.22 Å². The van der Waals surface area contributed by atoms with E-state index >= 15 is 0 Å². The first kappa shape index (κ1) is 9.79. The monoisotopic (exact) mass is 226 g/mol. The first-order valence-electron chi connectivity index (χ1n) is 4.10. The molecule has 2 rings (SSSR count). The van der Waals surface area contributed by atoms with Crippen LogP contribution in [0.3, 0.4) is 0 Å². The highest BCUT2D eigenvalue weighted by molar-refractivity contribution is 6.29. The number of nitrogens with zero attached hydrogens (tertiary/aromatic N) is 2. The van der Waals surface area contributed by atoms with Gasteiger partial charge in [0, 0.05) is 7.05 Å². The third-order valence-electron chi connectivity index (χ3n) is 1.98. The Hall–Kier alpha value is -1.75. The van der Waals surface area contributed by atoms with Crippen molar-refractivity contribution < 1.29 is 14.3 Å². The molecule has 0 atom stereocenters. The zero-order chi connectivity index (χ0) is 11.0. The minimum absolute atomic E-state index is 0.0866. The zero-order valence-corrected chi connectivity index (χ0v) is 8.52. The maximum atomic E-state index is 10.9. The molecule has 0 aliphatic rings. The predicted octanol–water partition coefficient (Wildman–Crippen LogP) is 2.03. The molecule has 15 heavy (non-hydrogen) atoms. The summed E-state index contributed by atoms with van der Waals surface area (Å²) in [7, 11) is 1.64. The summed E-state index contributed by atoms with van der Waals surface area (Å²) in [6.45, 7) is 0. The summed E-state index contributed by atoms with van der Waals surface area (Å²) < 4.78 is 6.57. The van der Waals surface area contributed by atoms with Crippen molar-refractivity contribution in [2.45, 2.75) is 0 Å². The van der Waals surface area contributed by atoms with Crippen LogP contribution in [0.15, 0.2) is 22.7 Å². The number of furan rings is 1. The number of carboxylic acids is 1. The molecule has 2 aromatic rings. The molecule has 1 N–H and O–H groups in total. The minimum Gasteiger partial charge on any atom is -0.478 e. The van der Waals surface area contributed by atoms with Crippen LogP contribution in [0.4, 0.5) is 0 Å². The van der Waals surface area contributed by atoms with Crippen LogP contribution in [0, 0.1) is 0 Å². The summed E-state index contributed by atoms with van der Waals surface area (Å²) in [5.41, 5.74) is 0.484. The predicted molar refractivity (Wildman–Crippen MR) is 52.9 cm³/mol. The fraction of sp³-hybridized carbons (Fsp3) is 0.111. The Bertz CT molecular complexity index is 515. The van der Waals surface area contributed by atoms with Gasteiger partial charge in [-0.05, 0) is 23.7 Å². The number of aromatic nitrogens is 2. The molecule has 2 aromatic heterocycles. The first-order chi connectivity index (χ1) is 7.09. The van der Waals surface area contributed by atoms with Gasteiger partial charge in [0.2, 0.25) is 0 Å². The quantitative estimate of drug-likeness (QED) is 0.851. The van der Waals surface area contributed by atoms with Gasteiger partial charge in [0.1, 0.15) is 11.3 Å². The van der Waals surface area contributed by atoms with Gasteiger partial charge in [-0.25, -0.2) is 4.79 Å². The first-order valence-corrected chi connectivity index (χ1v) is 4.48. The number of carboxylic acid groups (broad SMARTS) is 1. The number of aromatic carboxylic acids is 1. The highest BCUT2D eigenvalue weighted by Gasteiger charge is 2.19. The van der Waals surface area contributed by atoms with Crippen LogP contribution in [0.25, 0.3) is 11.5 Å². The van der Waals surface area contributed by atoms with Gasteiger partial charge in [-0.15, -0.1) is 0 Å². The van der Waals surface area contributed by atoms with Crippen LogP contribution in [0.5, 0.6) is 0 Å². The summed E-state index contributed by atoms with van der Waals surface area (Å²) >= 11 is 5.62. The van der Waals surface area contributed by atoms with E-state index in [2.05, 4.69) is 5.10 Å². The van der Waals surface area contributed by atoms with Crippen LogP contribution in [0.1, 0.15) is 10.4 Å². The molecule has 0 saturated heterocycles. The second-order valence-corrected chi connectivity index (χ2v) is 3.31. The molecule has 78 valence electrons. The summed E-state index contributed by atoms with van der Waals surface area (Å²) in [4.78, 5) is 10.9. The highest BCUT2D eigenvalue weighted by atomic mass is 35.5. The Morgan fingerprint density at radius 1 is 1.60 bits per heavy atom. The van der Waals surface area contributed by atoms with Crippen LogP contribution in [-0.4, -0.2) is 20.9 Å². The summed E-state index contributed by atoms with van der Waals surface area (Å²) in [5.74, 6) is -0.664. The third kappa shape index (κ3) is 1.61. The molecule has 0 aliphatic carbocycles. The second-order valence-electron chi connectivity index (χ2n) is 2.94. The SMILES string of the molecule is Cn1ncc(C(=O)O)c1-c1ccc(Cl)o1. The smallest absolute Gasteiger partial charge is 0.339 e. The lowest BCUT2D eigenvalue weighted by atomic mass is 10.2. The fourth-order valence-corrected chi connectivity index (χ4v) is 1.47. The van der Waals surface area contributed by atoms with Crippen molar-refractivity contribution in [1.29, 1.82) is 0 Å². The van der Waals surface area contributed by atoms with Gasteiger partial charge >= 0.3 is 5.97 Å². The molecule has 6 heteroatoms. The molecule has 0 aromatic carbocycles. The molecular formula is C9H7ClN2O3. The average Bonchev–Trinajstić information content (AvgIpc) is 2.71. The van der Waals surface area contributed by atoms with E-state index in [0.717, 1.165) is 0 Å². The fourth-order valence-electron chi connectivity index (χ4n) is 1.33. The highest BCUT2D eigenvalue weighted by Crippen LogP contribution is 2.27. The van der Waals surface area contributed by atoms with Crippen LogP contribution < -0.4 is 0 Å². The van der Waals surface area contributed by atoms with Crippen molar-refractivity contribution >= 4 is 17.6 Å². The normalized spacial score (nSPS) is 10.5. The van der Waals surface area contributed by atoms with Crippen molar-refractivity contribution in [3.8, 4) is 11.5 Å². The van der Waals surface area contributed by atoms with Gasteiger partial charge in [0.05, 0.1) is 6.20 Å². The molecule has 0 aliphatic heterocycles. The standard InChI is InChI=1S/C9H7ClN2O3/c1-12-8(5(4-11-12)9(13)14)6-2-3-7(10)15-6/h2-4H,1H3,(H,13,14). The molecule has 5 nitrogen and oxygen atoms in total. The van der Waals surface area contributed by atoms with E-state index < -0.39 is 5.97 Å². The summed E-state index contributed by atoms with van der Waals surface area (Å²) in [6, 6.07) is 3.15. The average molecular weight is 227 g/mol. The van der Waals surface area contributed by atoms with Gasteiger partial charge in [0.25, 0.3) is 0 Å². The summed E-state index contributed by atoms with van der Waals surface area (Å²) in [5, 5.41) is 13.0. The number of halogens is 1. The number of aryl methyl sites for hydroxylation is 1. The zero-order valence-electron chi connectivity index (χ0n) is 7.77. The second kappa shape index (κ2) is 3.43. The van der Waals surface area contributed by atoms with Crippen molar-refractivity contribution in [3.05, 3.63) is 29.1 Å². The van der Waals surface area contributed by atoms with Crippen LogP contribution in [-0.2, 0) is 7.05 Å². The number of hydrogen-bond donors (Lipinski definition) is 1. The van der Waals surface area contributed by atoms with E-state index in [0.29, 0.717) is 11.5 Å². The molecule has 0 saturated carbocycles. The van der Waals surface area contributed by atoms with E-state index in [-0.39, 0.29) is 10.8 Å². The van der Waals surface area contributed by atoms with E-state index in [1.165, 1.54) is 10.9 Å². The lowest BCUT2D eigenvalue weighted by molar-refractivity contribution is 0.0697. The van der Waals surface area contributed by atoms with E-state index in [1.807, 2.05) is 0 Å². The molecule has 0 amide bonds. The Morgan fingerprint density at radius 2 is 2.33 bits per heavy atom. The molecule has 0 spiro atoms. The third-order valence-corrected chi connectivity index (χ3v) is 2.18. The maximum Gasteiger partial charge on any atom is 0.339 e. The van der Waals surface area contributed by atoms with Gasteiger partial charge < -0.3 is 9.52 Å². The van der Waals surface area contributed by atoms with E-state index in [1.54, 1.807) is 19.2 Å². The van der Waals surface area contributed by atoms with Gasteiger partial charge in [-0.1, -0.05) is 0 Å². The number of rotatable bonds is 2. The lowest BCUT2D eigenvalue weighted by Crippen LogP contribution is -1.99. The van der Waals surface area contributed by atoms with E-state index in [4.69, 9.17) is 21.1 Å². The Kier molecular flexibility index (Phi) is 2.24. The minimum atomic E-state index is -1.05. The lowest BCUT2D eigenvalue weighted by Gasteiger charge is -1.99. The van der Waals surface area contributed by atoms with Gasteiger partial charge in [-0.3, -0.25) is 4.68 Å². The summed E-state index contributed by atoms with van der Waals surface area (Å²) in [6.07, 6.45) is 1.27. The Labute approximate surface area is 89.9 Å². The number of carbonyl (C=O) groups is 1. The molecule has 0 bridgehead atoms. The topological polar surface area (TPSA) is 68.3 Å². The molecular weight excluding hydrogens is 220 g/mol. The Morgan fingerprint density at radius 3 is 2.87 bits per heavy atom. The van der Waals surface area contributed by atoms with Crippen LogP contribution >= 0.6 is 11.6 Å². The van der Waals surface area contributed by atoms with Crippen molar-refractivity contribution in [2.75, 3.05) is 0 Å². The molecule has 2 heterocycles. The molecule has 0 radical (unpaired) electrons. The van der Waals surface area contributed by atoms with Crippen molar-refractivity contribution in [1.82, 2.24) is 9.78 Å². The van der Waals surface area contributed by atoms with Crippen molar-refractivity contribution in [3.63, 3.8) is 0 Å².